The average molecular weight is 974 g/mol. The predicted molar refractivity (Wildman–Crippen MR) is 298 cm³/mol. The van der Waals surface area contributed by atoms with Crippen LogP contribution in [0.25, 0.3) is 0 Å². The first kappa shape index (κ1) is 67.1. The van der Waals surface area contributed by atoms with Crippen molar-refractivity contribution in [2.45, 2.75) is 361 Å². The molecule has 0 spiro atoms. The predicted octanol–water partition coefficient (Wildman–Crippen LogP) is 20.9. The zero-order valence-electron chi connectivity index (χ0n) is 46.9. The number of unbranched alkanes of at least 4 members (excludes halogenated alkanes) is 45. The van der Waals surface area contributed by atoms with Gasteiger partial charge in [0, 0.05) is 19.3 Å². The van der Waals surface area contributed by atoms with Crippen molar-refractivity contribution in [3.63, 3.8) is 0 Å². The fourth-order valence-corrected chi connectivity index (χ4v) is 9.56. The van der Waals surface area contributed by atoms with E-state index in [4.69, 9.17) is 14.2 Å². The summed E-state index contributed by atoms with van der Waals surface area (Å²) in [6.07, 6.45) is 67.8. The Morgan fingerprint density at radius 1 is 0.275 bits per heavy atom. The quantitative estimate of drug-likeness (QED) is 0.0261. The molecule has 0 aliphatic carbocycles. The fraction of sp³-hybridized carbons (Fsp3) is 0.921. The maximum absolute atomic E-state index is 12.9. The van der Waals surface area contributed by atoms with E-state index in [0.717, 1.165) is 57.8 Å². The summed E-state index contributed by atoms with van der Waals surface area (Å²) in [5, 5.41) is 0. The van der Waals surface area contributed by atoms with Crippen molar-refractivity contribution in [2.24, 2.45) is 0 Å². The second kappa shape index (κ2) is 58.7. The number of hydrogen-bond donors (Lipinski definition) is 0. The molecule has 0 aromatic rings. The number of carbonyl (C=O) groups is 3. The summed E-state index contributed by atoms with van der Waals surface area (Å²) in [7, 11) is 0. The van der Waals surface area contributed by atoms with E-state index < -0.39 is 6.10 Å². The Labute approximate surface area is 431 Å². The van der Waals surface area contributed by atoms with Crippen LogP contribution >= 0.6 is 0 Å². The molecule has 0 aliphatic rings. The number of hydrogen-bond acceptors (Lipinski definition) is 6. The van der Waals surface area contributed by atoms with Gasteiger partial charge in [0.05, 0.1) is 0 Å². The topological polar surface area (TPSA) is 78.9 Å². The molecule has 0 aromatic carbocycles. The van der Waals surface area contributed by atoms with Crippen molar-refractivity contribution in [2.75, 3.05) is 13.2 Å². The van der Waals surface area contributed by atoms with Gasteiger partial charge in [-0.15, -0.1) is 0 Å². The van der Waals surface area contributed by atoms with Gasteiger partial charge in [0.1, 0.15) is 13.2 Å². The molecular formula is C63H120O6. The van der Waals surface area contributed by atoms with E-state index >= 15 is 0 Å². The van der Waals surface area contributed by atoms with Crippen molar-refractivity contribution in [3.05, 3.63) is 12.2 Å². The first-order chi connectivity index (χ1) is 34.0. The fourth-order valence-electron chi connectivity index (χ4n) is 9.56. The molecule has 0 N–H and O–H groups in total. The number of esters is 3. The summed E-state index contributed by atoms with van der Waals surface area (Å²) in [4.78, 5) is 38.3. The number of allylic oxidation sites excluding steroid dienone is 2. The minimum absolute atomic E-state index is 0.0648. The molecule has 0 saturated carbocycles. The van der Waals surface area contributed by atoms with Crippen LogP contribution < -0.4 is 0 Å². The van der Waals surface area contributed by atoms with Gasteiger partial charge in [0.25, 0.3) is 0 Å². The van der Waals surface area contributed by atoms with Crippen molar-refractivity contribution in [1.82, 2.24) is 0 Å². The van der Waals surface area contributed by atoms with Crippen LogP contribution in [0.4, 0.5) is 0 Å². The van der Waals surface area contributed by atoms with Gasteiger partial charge < -0.3 is 14.2 Å². The molecule has 0 rings (SSSR count). The third-order valence-electron chi connectivity index (χ3n) is 14.3. The summed E-state index contributed by atoms with van der Waals surface area (Å²) in [5.74, 6) is -0.840. The molecule has 0 heterocycles. The lowest BCUT2D eigenvalue weighted by molar-refractivity contribution is -0.167. The highest BCUT2D eigenvalue weighted by molar-refractivity contribution is 5.71. The lowest BCUT2D eigenvalue weighted by Gasteiger charge is -2.18. The van der Waals surface area contributed by atoms with Gasteiger partial charge in [-0.3, -0.25) is 14.4 Å². The monoisotopic (exact) mass is 973 g/mol. The summed E-state index contributed by atoms with van der Waals surface area (Å²) >= 11 is 0. The second-order valence-electron chi connectivity index (χ2n) is 21.3. The lowest BCUT2D eigenvalue weighted by Crippen LogP contribution is -2.30. The van der Waals surface area contributed by atoms with Crippen molar-refractivity contribution in [3.8, 4) is 0 Å². The molecule has 408 valence electrons. The third kappa shape index (κ3) is 56.9. The Bertz CT molecular complexity index is 1070. The molecule has 6 nitrogen and oxygen atoms in total. The molecule has 0 bridgehead atoms. The highest BCUT2D eigenvalue weighted by atomic mass is 16.6. The molecule has 6 heteroatoms. The lowest BCUT2D eigenvalue weighted by atomic mass is 10.0. The number of rotatable bonds is 58. The van der Waals surface area contributed by atoms with E-state index in [1.54, 1.807) is 0 Å². The maximum Gasteiger partial charge on any atom is 0.306 e. The van der Waals surface area contributed by atoms with Crippen LogP contribution in [0.2, 0.25) is 0 Å². The average Bonchev–Trinajstić information content (AvgIpc) is 3.35. The normalized spacial score (nSPS) is 12.0. The van der Waals surface area contributed by atoms with Crippen molar-refractivity contribution < 1.29 is 28.6 Å². The largest absolute Gasteiger partial charge is 0.462 e. The second-order valence-corrected chi connectivity index (χ2v) is 21.3. The molecule has 1 unspecified atom stereocenters. The van der Waals surface area contributed by atoms with Gasteiger partial charge in [-0.2, -0.15) is 0 Å². The third-order valence-corrected chi connectivity index (χ3v) is 14.3. The van der Waals surface area contributed by atoms with Gasteiger partial charge in [-0.25, -0.2) is 0 Å². The zero-order chi connectivity index (χ0) is 50.0. The molecular weight excluding hydrogens is 853 g/mol. The number of carbonyl (C=O) groups excluding carboxylic acids is 3. The molecule has 1 atom stereocenters. The van der Waals surface area contributed by atoms with Gasteiger partial charge in [0.15, 0.2) is 6.10 Å². The van der Waals surface area contributed by atoms with Crippen LogP contribution in [0.3, 0.4) is 0 Å². The molecule has 69 heavy (non-hydrogen) atoms. The minimum atomic E-state index is -0.766. The maximum atomic E-state index is 12.9. The van der Waals surface area contributed by atoms with Crippen LogP contribution in [0.1, 0.15) is 355 Å². The van der Waals surface area contributed by atoms with E-state index in [2.05, 4.69) is 32.9 Å². The molecule has 0 aromatic heterocycles. The summed E-state index contributed by atoms with van der Waals surface area (Å²) in [6, 6.07) is 0. The zero-order valence-corrected chi connectivity index (χ0v) is 46.9. The first-order valence-electron chi connectivity index (χ1n) is 31.2. The standard InChI is InChI=1S/C63H120O6/c1-4-7-10-13-16-19-22-25-28-31-32-33-36-38-41-44-47-50-53-56-62(65)68-59-60(69-63(66)57-54-51-48-45-42-39-35-30-27-24-21-18-15-12-9-6-3)58-67-61(64)55-52-49-46-43-40-37-34-29-26-23-20-17-14-11-8-5-2/h31-32,60H,4-30,33-59H2,1-3H3/b32-31-. The van der Waals surface area contributed by atoms with Crippen LogP contribution in [0, 0.1) is 0 Å². The Kier molecular flexibility index (Phi) is 57.1. The Balaban J connectivity index is 4.30. The smallest absolute Gasteiger partial charge is 0.306 e. The van der Waals surface area contributed by atoms with Gasteiger partial charge in [-0.1, -0.05) is 303 Å². The van der Waals surface area contributed by atoms with E-state index in [9.17, 15) is 14.4 Å². The summed E-state index contributed by atoms with van der Waals surface area (Å²) in [6.45, 7) is 6.71. The van der Waals surface area contributed by atoms with Gasteiger partial charge >= 0.3 is 17.9 Å². The SMILES string of the molecule is CCCCCCCCCC/C=C\CCCCCCCCCC(=O)OCC(COC(=O)CCCCCCCCCCCCCCCCCC)OC(=O)CCCCCCCCCCCCCCCCCC. The van der Waals surface area contributed by atoms with E-state index in [1.165, 1.54) is 257 Å². The van der Waals surface area contributed by atoms with E-state index in [0.29, 0.717) is 19.3 Å². The Hall–Kier alpha value is -1.85. The van der Waals surface area contributed by atoms with Gasteiger partial charge in [0.2, 0.25) is 0 Å². The summed E-state index contributed by atoms with van der Waals surface area (Å²) in [5.41, 5.74) is 0. The van der Waals surface area contributed by atoms with Crippen molar-refractivity contribution in [1.29, 1.82) is 0 Å². The number of ether oxygens (including phenoxy) is 3. The first-order valence-corrected chi connectivity index (χ1v) is 31.2. The van der Waals surface area contributed by atoms with E-state index in [1.807, 2.05) is 0 Å². The Morgan fingerprint density at radius 2 is 0.478 bits per heavy atom. The molecule has 0 saturated heterocycles. The molecule has 0 amide bonds. The molecule has 0 aliphatic heterocycles. The van der Waals surface area contributed by atoms with Crippen molar-refractivity contribution >= 4 is 17.9 Å². The Morgan fingerprint density at radius 3 is 0.725 bits per heavy atom. The minimum Gasteiger partial charge on any atom is -0.462 e. The molecule has 0 fully saturated rings. The highest BCUT2D eigenvalue weighted by Crippen LogP contribution is 2.18. The highest BCUT2D eigenvalue weighted by Gasteiger charge is 2.19. The van der Waals surface area contributed by atoms with Crippen LogP contribution in [0.15, 0.2) is 12.2 Å². The summed E-state index contributed by atoms with van der Waals surface area (Å²) < 4.78 is 16.9. The molecule has 0 radical (unpaired) electrons. The van der Waals surface area contributed by atoms with Gasteiger partial charge in [-0.05, 0) is 44.9 Å². The van der Waals surface area contributed by atoms with Crippen LogP contribution in [0.5, 0.6) is 0 Å². The van der Waals surface area contributed by atoms with E-state index in [-0.39, 0.29) is 31.1 Å². The van der Waals surface area contributed by atoms with Crippen LogP contribution in [-0.2, 0) is 28.6 Å². The van der Waals surface area contributed by atoms with Crippen LogP contribution in [-0.4, -0.2) is 37.2 Å².